The van der Waals surface area contributed by atoms with E-state index in [0.717, 1.165) is 38.8 Å². The van der Waals surface area contributed by atoms with Crippen LogP contribution in [-0.2, 0) is 4.79 Å². The van der Waals surface area contributed by atoms with E-state index in [1.165, 1.54) is 51.4 Å². The summed E-state index contributed by atoms with van der Waals surface area (Å²) in [6.45, 7) is 10.6. The van der Waals surface area contributed by atoms with E-state index >= 15 is 0 Å². The molecule has 0 N–H and O–H groups in total. The van der Waals surface area contributed by atoms with Gasteiger partial charge in [0.15, 0.2) is 0 Å². The van der Waals surface area contributed by atoms with Crippen molar-refractivity contribution in [3.05, 3.63) is 24.3 Å². The van der Waals surface area contributed by atoms with E-state index in [2.05, 4.69) is 52.0 Å². The molecule has 0 rings (SSSR count). The Morgan fingerprint density at radius 1 is 0.800 bits per heavy atom. The van der Waals surface area contributed by atoms with Crippen LogP contribution in [0.1, 0.15) is 105 Å². The van der Waals surface area contributed by atoms with Crippen molar-refractivity contribution in [3.63, 3.8) is 0 Å². The van der Waals surface area contributed by atoms with Gasteiger partial charge in [-0.25, -0.2) is 0 Å². The van der Waals surface area contributed by atoms with Gasteiger partial charge >= 0.3 is 18.9 Å². The third-order valence-electron chi connectivity index (χ3n) is 5.53. The summed E-state index contributed by atoms with van der Waals surface area (Å²) in [5.41, 5.74) is 0. The fraction of sp³-hybridized carbons (Fsp3) is 0.808. The summed E-state index contributed by atoms with van der Waals surface area (Å²) in [4.78, 5) is 13.2. The summed E-state index contributed by atoms with van der Waals surface area (Å²) in [5, 5.41) is 11.1. The van der Waals surface area contributed by atoms with Gasteiger partial charge in [-0.05, 0) is 63.5 Å². The zero-order valence-electron chi connectivity index (χ0n) is 20.8. The number of carbonyl (C=O) groups is 1. The van der Waals surface area contributed by atoms with Crippen LogP contribution in [0.25, 0.3) is 0 Å². The Hall–Kier alpha value is -0.493. The molecule has 170 valence electrons. The number of carbonyl (C=O) groups excluding carboxylic acids is 1. The van der Waals surface area contributed by atoms with Crippen molar-refractivity contribution in [1.29, 1.82) is 0 Å². The Morgan fingerprint density at radius 3 is 1.60 bits per heavy atom. The van der Waals surface area contributed by atoms with Crippen molar-refractivity contribution in [1.82, 2.24) is 4.90 Å². The van der Waals surface area contributed by atoms with Gasteiger partial charge in [0.05, 0.1) is 5.97 Å². The monoisotopic (exact) mass is 413 g/mol. The van der Waals surface area contributed by atoms with Gasteiger partial charge in [0.1, 0.15) is 0 Å². The summed E-state index contributed by atoms with van der Waals surface area (Å²) in [6.07, 6.45) is 23.9. The molecule has 2 atom stereocenters. The molecule has 0 saturated heterocycles. The third-order valence-corrected chi connectivity index (χ3v) is 5.53. The molecule has 0 saturated carbocycles. The zero-order chi connectivity index (χ0) is 21.7. The predicted molar refractivity (Wildman–Crippen MR) is 125 cm³/mol. The molecule has 0 spiro atoms. The third kappa shape index (κ3) is 22.2. The molecule has 0 bridgehead atoms. The second kappa shape index (κ2) is 23.2. The second-order valence-electron chi connectivity index (χ2n) is 8.74. The Morgan fingerprint density at radius 2 is 1.23 bits per heavy atom. The quantitative estimate of drug-likeness (QED) is 0.175. The number of aliphatic carboxylic acids is 1. The van der Waals surface area contributed by atoms with Crippen LogP contribution in [0.5, 0.6) is 0 Å². The van der Waals surface area contributed by atoms with Crippen molar-refractivity contribution < 1.29 is 28.8 Å². The molecule has 0 radical (unpaired) electrons. The number of nitrogens with zero attached hydrogens (tertiary/aromatic N) is 1. The Balaban J connectivity index is 0. The van der Waals surface area contributed by atoms with Crippen LogP contribution >= 0.6 is 0 Å². The first-order valence-electron chi connectivity index (χ1n) is 12.2. The van der Waals surface area contributed by atoms with Crippen molar-refractivity contribution in [3.8, 4) is 0 Å². The average molecular weight is 414 g/mol. The molecule has 2 unspecified atom stereocenters. The molecule has 0 aromatic carbocycles. The summed E-state index contributed by atoms with van der Waals surface area (Å²) in [6, 6.07) is 0. The summed E-state index contributed by atoms with van der Waals surface area (Å²) >= 11 is 0. The molecule has 0 aromatic heterocycles. The van der Waals surface area contributed by atoms with Crippen molar-refractivity contribution >= 4 is 5.97 Å². The Bertz CT molecular complexity index is 405. The van der Waals surface area contributed by atoms with E-state index in [1.807, 2.05) is 4.90 Å². The van der Waals surface area contributed by atoms with E-state index in [1.54, 1.807) is 0 Å². The Kier molecular flexibility index (Phi) is 24.5. The van der Waals surface area contributed by atoms with Gasteiger partial charge < -0.3 is 9.90 Å². The van der Waals surface area contributed by atoms with Gasteiger partial charge in [0.2, 0.25) is 0 Å². The standard InChI is InChI=1S/C26H49NO2.Li/c1-5-7-9-11-13-15-17-24(3)19-21-27(23-26(28)29)22-20-25(4)18-16-14-12-10-8-6-2;/h15-18,24-25H,5-14,19-23H2,1-4H3,(H,28,29);/q;+1/p-1/b17-15+,18-16+;. The normalized spacial score (nSPS) is 13.8. The topological polar surface area (TPSA) is 43.4 Å². The van der Waals surface area contributed by atoms with Gasteiger partial charge in [-0.3, -0.25) is 4.90 Å². The first-order chi connectivity index (χ1) is 14.0. The second-order valence-corrected chi connectivity index (χ2v) is 8.74. The number of hydrogen-bond donors (Lipinski definition) is 0. The number of allylic oxidation sites excluding steroid dienone is 4. The van der Waals surface area contributed by atoms with Crippen molar-refractivity contribution in [2.24, 2.45) is 11.8 Å². The van der Waals surface area contributed by atoms with Crippen LogP contribution in [-0.4, -0.2) is 30.5 Å². The van der Waals surface area contributed by atoms with Gasteiger partial charge in [0, 0.05) is 6.54 Å². The maximum absolute atomic E-state index is 11.1. The number of rotatable bonds is 20. The van der Waals surface area contributed by atoms with Crippen LogP contribution in [0.3, 0.4) is 0 Å². The fourth-order valence-electron chi connectivity index (χ4n) is 3.45. The van der Waals surface area contributed by atoms with E-state index in [4.69, 9.17) is 0 Å². The molecule has 0 aliphatic carbocycles. The van der Waals surface area contributed by atoms with Gasteiger partial charge in [0.25, 0.3) is 0 Å². The van der Waals surface area contributed by atoms with E-state index < -0.39 is 5.97 Å². The SMILES string of the molecule is CCCCCC/C=C/C(C)CCN(CCC(C)/C=C/CCCCCC)CC(=O)[O-].[Li+]. The molecule has 0 heterocycles. The number of carboxylic acid groups (broad SMARTS) is 1. The molecule has 0 aliphatic rings. The molecule has 3 nitrogen and oxygen atoms in total. The number of unbranched alkanes of at least 4 members (excludes halogenated alkanes) is 8. The zero-order valence-corrected chi connectivity index (χ0v) is 20.8. The van der Waals surface area contributed by atoms with Gasteiger partial charge in [-0.15, -0.1) is 0 Å². The predicted octanol–water partition coefficient (Wildman–Crippen LogP) is 3.15. The summed E-state index contributed by atoms with van der Waals surface area (Å²) < 4.78 is 0. The average Bonchev–Trinajstić information content (AvgIpc) is 2.69. The van der Waals surface area contributed by atoms with E-state index in [9.17, 15) is 9.90 Å². The Labute approximate surface area is 199 Å². The van der Waals surface area contributed by atoms with Gasteiger partial charge in [-0.1, -0.05) is 90.5 Å². The minimum absolute atomic E-state index is 0. The van der Waals surface area contributed by atoms with Crippen LogP contribution in [0.15, 0.2) is 24.3 Å². The minimum Gasteiger partial charge on any atom is -0.549 e. The molecule has 30 heavy (non-hydrogen) atoms. The maximum atomic E-state index is 11.1. The number of carboxylic acids is 1. The maximum Gasteiger partial charge on any atom is 1.00 e. The van der Waals surface area contributed by atoms with Gasteiger partial charge in [-0.2, -0.15) is 0 Å². The molecule has 0 aliphatic heterocycles. The largest absolute Gasteiger partial charge is 1.00 e. The summed E-state index contributed by atoms with van der Waals surface area (Å²) in [5.74, 6) is 0.0139. The van der Waals surface area contributed by atoms with Crippen LogP contribution in [0.2, 0.25) is 0 Å². The molecule has 0 amide bonds. The van der Waals surface area contributed by atoms with Crippen molar-refractivity contribution in [2.45, 2.75) is 105 Å². The first-order valence-corrected chi connectivity index (χ1v) is 12.2. The smallest absolute Gasteiger partial charge is 0.549 e. The minimum atomic E-state index is -0.969. The summed E-state index contributed by atoms with van der Waals surface area (Å²) in [7, 11) is 0. The first kappa shape index (κ1) is 31.7. The molecule has 0 fully saturated rings. The number of hydrogen-bond acceptors (Lipinski definition) is 3. The van der Waals surface area contributed by atoms with Crippen molar-refractivity contribution in [2.75, 3.05) is 19.6 Å². The van der Waals surface area contributed by atoms with E-state index in [-0.39, 0.29) is 25.4 Å². The van der Waals surface area contributed by atoms with Crippen LogP contribution < -0.4 is 24.0 Å². The molecular formula is C26H48LiNO2. The molecule has 0 aromatic rings. The fourth-order valence-corrected chi connectivity index (χ4v) is 3.45. The van der Waals surface area contributed by atoms with Crippen LogP contribution in [0.4, 0.5) is 0 Å². The van der Waals surface area contributed by atoms with E-state index in [0.29, 0.717) is 11.8 Å². The molecule has 4 heteroatoms. The van der Waals surface area contributed by atoms with Crippen LogP contribution in [0, 0.1) is 11.8 Å². The molecular weight excluding hydrogens is 365 g/mol.